The number of benzene rings is 2. The lowest BCUT2D eigenvalue weighted by Crippen LogP contribution is -2.13. The fourth-order valence-corrected chi connectivity index (χ4v) is 2.20. The zero-order valence-electron chi connectivity index (χ0n) is 11.8. The Kier molecular flexibility index (Phi) is 5.28. The summed E-state index contributed by atoms with van der Waals surface area (Å²) in [6, 6.07) is 14.7. The number of hydrogen-bond acceptors (Lipinski definition) is 3. The molecule has 0 fully saturated rings. The second-order valence-electron chi connectivity index (χ2n) is 4.56. The van der Waals surface area contributed by atoms with Gasteiger partial charge in [0, 0.05) is 10.2 Å². The van der Waals surface area contributed by atoms with Gasteiger partial charge < -0.3 is 10.4 Å². The summed E-state index contributed by atoms with van der Waals surface area (Å²) in [5, 5.41) is 20.6. The number of amides is 1. The maximum atomic E-state index is 12.1. The molecule has 0 aliphatic heterocycles. The predicted molar refractivity (Wildman–Crippen MR) is 89.8 cm³/mol. The first kappa shape index (κ1) is 16.5. The molecule has 0 aliphatic rings. The second-order valence-corrected chi connectivity index (χ2v) is 5.48. The summed E-state index contributed by atoms with van der Waals surface area (Å²) >= 11 is 3.30. The zero-order valence-corrected chi connectivity index (χ0v) is 13.4. The van der Waals surface area contributed by atoms with E-state index in [2.05, 4.69) is 21.2 Å². The molecule has 0 atom stereocenters. The third kappa shape index (κ3) is 4.53. The molecular weight excluding hydrogens is 360 g/mol. The molecule has 114 valence electrons. The third-order valence-electron chi connectivity index (χ3n) is 2.92. The summed E-state index contributed by atoms with van der Waals surface area (Å²) in [6.07, 6.45) is 1.40. The van der Waals surface area contributed by atoms with E-state index < -0.39 is 11.9 Å². The molecule has 0 radical (unpaired) electrons. The minimum Gasteiger partial charge on any atom is -0.478 e. The van der Waals surface area contributed by atoms with E-state index in [1.807, 2.05) is 12.1 Å². The van der Waals surface area contributed by atoms with Gasteiger partial charge in [0.05, 0.1) is 5.56 Å². The summed E-state index contributed by atoms with van der Waals surface area (Å²) < 4.78 is 0.807. The Hall–Kier alpha value is -2.91. The van der Waals surface area contributed by atoms with Gasteiger partial charge in [0.25, 0.3) is 5.91 Å². The van der Waals surface area contributed by atoms with Crippen LogP contribution in [0, 0.1) is 11.3 Å². The quantitative estimate of drug-likeness (QED) is 0.634. The summed E-state index contributed by atoms with van der Waals surface area (Å²) in [4.78, 5) is 22.9. The molecule has 0 heterocycles. The Balaban J connectivity index is 2.19. The second kappa shape index (κ2) is 7.38. The number of hydrogen-bond donors (Lipinski definition) is 2. The first-order chi connectivity index (χ1) is 11.0. The molecule has 2 N–H and O–H groups in total. The highest BCUT2D eigenvalue weighted by Gasteiger charge is 2.10. The van der Waals surface area contributed by atoms with Crippen LogP contribution in [0.3, 0.4) is 0 Å². The normalized spacial score (nSPS) is 10.7. The standard InChI is InChI=1S/C17H11BrN2O3/c18-14-2-1-3-15(9-14)20-16(21)13(10-19)8-11-4-6-12(7-5-11)17(22)23/h1-9H,(H,20,21)(H,22,23)/b13-8-. The topological polar surface area (TPSA) is 90.2 Å². The number of carboxylic acids is 1. The molecule has 2 aromatic rings. The Morgan fingerprint density at radius 3 is 2.43 bits per heavy atom. The highest BCUT2D eigenvalue weighted by atomic mass is 79.9. The smallest absolute Gasteiger partial charge is 0.335 e. The number of carbonyl (C=O) groups excluding carboxylic acids is 1. The van der Waals surface area contributed by atoms with Crippen LogP contribution in [0.1, 0.15) is 15.9 Å². The molecule has 0 aromatic heterocycles. The van der Waals surface area contributed by atoms with Crippen molar-refractivity contribution in [3.05, 3.63) is 69.7 Å². The van der Waals surface area contributed by atoms with E-state index in [1.165, 1.54) is 30.3 Å². The van der Waals surface area contributed by atoms with Gasteiger partial charge >= 0.3 is 5.97 Å². The van der Waals surface area contributed by atoms with Crippen LogP contribution in [-0.4, -0.2) is 17.0 Å². The highest BCUT2D eigenvalue weighted by molar-refractivity contribution is 9.10. The fourth-order valence-electron chi connectivity index (χ4n) is 1.80. The largest absolute Gasteiger partial charge is 0.478 e. The van der Waals surface area contributed by atoms with Crippen LogP contribution in [0.25, 0.3) is 6.08 Å². The van der Waals surface area contributed by atoms with Crippen LogP contribution in [0.15, 0.2) is 58.6 Å². The number of rotatable bonds is 4. The van der Waals surface area contributed by atoms with E-state index in [9.17, 15) is 9.59 Å². The van der Waals surface area contributed by atoms with Crippen LogP contribution in [0.5, 0.6) is 0 Å². The van der Waals surface area contributed by atoms with Crippen LogP contribution >= 0.6 is 15.9 Å². The molecule has 5 nitrogen and oxygen atoms in total. The number of carbonyl (C=O) groups is 2. The maximum Gasteiger partial charge on any atom is 0.335 e. The minimum atomic E-state index is -1.03. The third-order valence-corrected chi connectivity index (χ3v) is 3.41. The lowest BCUT2D eigenvalue weighted by molar-refractivity contribution is -0.112. The average molecular weight is 371 g/mol. The van der Waals surface area contributed by atoms with Crippen molar-refractivity contribution in [1.82, 2.24) is 0 Å². The Labute approximate surface area is 141 Å². The van der Waals surface area contributed by atoms with Crippen LogP contribution in [-0.2, 0) is 4.79 Å². The van der Waals surface area contributed by atoms with Crippen molar-refractivity contribution in [2.45, 2.75) is 0 Å². The summed E-state index contributed by atoms with van der Waals surface area (Å²) in [5.41, 5.74) is 1.19. The van der Waals surface area contributed by atoms with Crippen LogP contribution in [0.4, 0.5) is 5.69 Å². The zero-order chi connectivity index (χ0) is 16.8. The number of nitrogens with zero attached hydrogens (tertiary/aromatic N) is 1. The summed E-state index contributed by atoms with van der Waals surface area (Å²) in [7, 11) is 0. The first-order valence-electron chi connectivity index (χ1n) is 6.51. The molecule has 2 rings (SSSR count). The number of nitrogens with one attached hydrogen (secondary N) is 1. The van der Waals surface area contributed by atoms with Crippen molar-refractivity contribution >= 4 is 39.6 Å². The predicted octanol–water partition coefficient (Wildman–Crippen LogP) is 3.69. The summed E-state index contributed by atoms with van der Waals surface area (Å²) in [5.74, 6) is -1.57. The van der Waals surface area contributed by atoms with E-state index in [4.69, 9.17) is 10.4 Å². The molecule has 0 bridgehead atoms. The maximum absolute atomic E-state index is 12.1. The van der Waals surface area contributed by atoms with Crippen LogP contribution < -0.4 is 5.32 Å². The SMILES string of the molecule is N#C/C(=C/c1ccc(C(=O)O)cc1)C(=O)Nc1cccc(Br)c1. The average Bonchev–Trinajstić information content (AvgIpc) is 2.53. The molecule has 2 aromatic carbocycles. The molecule has 6 heteroatoms. The lowest BCUT2D eigenvalue weighted by atomic mass is 10.1. The Bertz CT molecular complexity index is 820. The number of anilines is 1. The fraction of sp³-hybridized carbons (Fsp3) is 0. The number of carboxylic acid groups (broad SMARTS) is 1. The van der Waals surface area contributed by atoms with Crippen molar-refractivity contribution in [3.63, 3.8) is 0 Å². The van der Waals surface area contributed by atoms with Gasteiger partial charge in [-0.15, -0.1) is 0 Å². The molecular formula is C17H11BrN2O3. The highest BCUT2D eigenvalue weighted by Crippen LogP contribution is 2.17. The van der Waals surface area contributed by atoms with Gasteiger partial charge in [0.15, 0.2) is 0 Å². The Morgan fingerprint density at radius 2 is 1.87 bits per heavy atom. The van der Waals surface area contributed by atoms with Crippen molar-refractivity contribution < 1.29 is 14.7 Å². The van der Waals surface area contributed by atoms with Crippen molar-refractivity contribution in [2.24, 2.45) is 0 Å². The van der Waals surface area contributed by atoms with Gasteiger partial charge in [0.1, 0.15) is 11.6 Å². The monoisotopic (exact) mass is 370 g/mol. The molecule has 0 saturated heterocycles. The molecule has 1 amide bonds. The van der Waals surface area contributed by atoms with Gasteiger partial charge in [-0.3, -0.25) is 4.79 Å². The van der Waals surface area contributed by atoms with E-state index in [0.29, 0.717) is 11.3 Å². The van der Waals surface area contributed by atoms with Gasteiger partial charge in [-0.25, -0.2) is 4.79 Å². The van der Waals surface area contributed by atoms with Gasteiger partial charge in [0.2, 0.25) is 0 Å². The molecule has 0 saturated carbocycles. The van der Waals surface area contributed by atoms with E-state index in [1.54, 1.807) is 18.2 Å². The molecule has 0 unspecified atom stereocenters. The van der Waals surface area contributed by atoms with Gasteiger partial charge in [-0.2, -0.15) is 5.26 Å². The molecule has 0 spiro atoms. The van der Waals surface area contributed by atoms with Gasteiger partial charge in [-0.05, 0) is 42.0 Å². The van der Waals surface area contributed by atoms with Crippen LogP contribution in [0.2, 0.25) is 0 Å². The molecule has 23 heavy (non-hydrogen) atoms. The lowest BCUT2D eigenvalue weighted by Gasteiger charge is -2.04. The van der Waals surface area contributed by atoms with Crippen molar-refractivity contribution in [3.8, 4) is 6.07 Å². The van der Waals surface area contributed by atoms with Crippen molar-refractivity contribution in [1.29, 1.82) is 5.26 Å². The van der Waals surface area contributed by atoms with E-state index in [-0.39, 0.29) is 11.1 Å². The number of nitriles is 1. The Morgan fingerprint density at radius 1 is 1.17 bits per heavy atom. The number of halogens is 1. The number of aromatic carboxylic acids is 1. The summed E-state index contributed by atoms with van der Waals surface area (Å²) in [6.45, 7) is 0. The molecule has 0 aliphatic carbocycles. The van der Waals surface area contributed by atoms with E-state index in [0.717, 1.165) is 4.47 Å². The first-order valence-corrected chi connectivity index (χ1v) is 7.31. The van der Waals surface area contributed by atoms with Crippen molar-refractivity contribution in [2.75, 3.05) is 5.32 Å². The van der Waals surface area contributed by atoms with Gasteiger partial charge in [-0.1, -0.05) is 34.1 Å². The van der Waals surface area contributed by atoms with E-state index >= 15 is 0 Å². The minimum absolute atomic E-state index is 0.0759.